The molecule has 86 valence electrons. The van der Waals surface area contributed by atoms with Gasteiger partial charge >= 0.3 is 5.96 Å². The number of benzene rings is 1. The summed E-state index contributed by atoms with van der Waals surface area (Å²) in [4.78, 5) is 14.7. The zero-order valence-electron chi connectivity index (χ0n) is 8.88. The first-order valence-corrected chi connectivity index (χ1v) is 5.22. The van der Waals surface area contributed by atoms with E-state index in [1.54, 1.807) is 16.9 Å². The number of rotatable bonds is 1. The Hall–Kier alpha value is -2.44. The molecule has 2 heterocycles. The van der Waals surface area contributed by atoms with Gasteiger partial charge in [0.2, 0.25) is 0 Å². The van der Waals surface area contributed by atoms with Gasteiger partial charge in [-0.1, -0.05) is 6.07 Å². The highest BCUT2D eigenvalue weighted by atomic mass is 16.6. The van der Waals surface area contributed by atoms with Gasteiger partial charge in [0, 0.05) is 11.5 Å². The Morgan fingerprint density at radius 2 is 2.35 bits per heavy atom. The van der Waals surface area contributed by atoms with Gasteiger partial charge in [-0.2, -0.15) is 0 Å². The maximum atomic E-state index is 10.9. The number of H-pyrrole nitrogens is 1. The van der Waals surface area contributed by atoms with E-state index < -0.39 is 4.92 Å². The predicted octanol–water partition coefficient (Wildman–Crippen LogP) is 0.171. The topological polar surface area (TPSA) is 87.2 Å². The Balaban J connectivity index is 2.18. The van der Waals surface area contributed by atoms with Crippen LogP contribution in [-0.2, 0) is 0 Å². The maximum Gasteiger partial charge on any atom is 0.408 e. The highest BCUT2D eigenvalue weighted by Gasteiger charge is 2.21. The Labute approximate surface area is 95.9 Å². The lowest BCUT2D eigenvalue weighted by atomic mass is 10.2. The molecule has 0 atom stereocenters. The molecule has 2 N–H and O–H groups in total. The minimum absolute atomic E-state index is 0.0693. The van der Waals surface area contributed by atoms with Crippen LogP contribution in [0.5, 0.6) is 0 Å². The SMILES string of the molecule is O=[N+]([O-])c1cccc2c[n+](C3=NCCN3)[nH]c12. The van der Waals surface area contributed by atoms with Crippen molar-refractivity contribution < 1.29 is 9.61 Å². The molecular weight excluding hydrogens is 222 g/mol. The molecule has 1 aromatic carbocycles. The molecule has 0 spiro atoms. The number of nitro groups is 1. The van der Waals surface area contributed by atoms with Crippen LogP contribution in [0.3, 0.4) is 0 Å². The largest absolute Gasteiger partial charge is 0.408 e. The van der Waals surface area contributed by atoms with E-state index in [4.69, 9.17) is 0 Å². The summed E-state index contributed by atoms with van der Waals surface area (Å²) in [5, 5.41) is 17.7. The van der Waals surface area contributed by atoms with E-state index in [1.165, 1.54) is 6.07 Å². The molecule has 0 radical (unpaired) electrons. The number of non-ortho nitro benzene ring substituents is 1. The average Bonchev–Trinajstić information content (AvgIpc) is 2.96. The van der Waals surface area contributed by atoms with Gasteiger partial charge in [0.25, 0.3) is 5.69 Å². The van der Waals surface area contributed by atoms with E-state index in [0.29, 0.717) is 11.5 Å². The molecule has 0 aliphatic carbocycles. The predicted molar refractivity (Wildman–Crippen MR) is 60.9 cm³/mol. The lowest BCUT2D eigenvalue weighted by molar-refractivity contribution is -0.618. The maximum absolute atomic E-state index is 10.9. The fourth-order valence-corrected chi connectivity index (χ4v) is 1.89. The molecule has 1 aliphatic heterocycles. The second kappa shape index (κ2) is 3.55. The second-order valence-electron chi connectivity index (χ2n) is 3.74. The van der Waals surface area contributed by atoms with Crippen molar-refractivity contribution in [1.82, 2.24) is 10.4 Å². The van der Waals surface area contributed by atoms with Crippen LogP contribution >= 0.6 is 0 Å². The van der Waals surface area contributed by atoms with Crippen molar-refractivity contribution in [3.05, 3.63) is 34.5 Å². The first kappa shape index (κ1) is 9.76. The molecule has 0 bridgehead atoms. The molecular formula is C10H10N5O2+. The van der Waals surface area contributed by atoms with Gasteiger partial charge in [-0.25, -0.2) is 5.10 Å². The number of para-hydroxylation sites is 1. The third-order valence-corrected chi connectivity index (χ3v) is 2.66. The first-order valence-electron chi connectivity index (χ1n) is 5.22. The number of nitro benzene ring substituents is 1. The van der Waals surface area contributed by atoms with Crippen molar-refractivity contribution in [2.75, 3.05) is 13.1 Å². The quantitative estimate of drug-likeness (QED) is 0.417. The number of hydrogen-bond donors (Lipinski definition) is 2. The van der Waals surface area contributed by atoms with Gasteiger partial charge in [-0.05, 0) is 6.07 Å². The number of fused-ring (bicyclic) bond motifs is 1. The Kier molecular flexibility index (Phi) is 2.04. The van der Waals surface area contributed by atoms with Crippen LogP contribution in [0.2, 0.25) is 0 Å². The summed E-state index contributed by atoms with van der Waals surface area (Å²) < 4.78 is 1.67. The fourth-order valence-electron chi connectivity index (χ4n) is 1.89. The molecule has 3 rings (SSSR count). The van der Waals surface area contributed by atoms with E-state index in [2.05, 4.69) is 15.4 Å². The Morgan fingerprint density at radius 1 is 1.47 bits per heavy atom. The summed E-state index contributed by atoms with van der Waals surface area (Å²) >= 11 is 0. The summed E-state index contributed by atoms with van der Waals surface area (Å²) in [5.74, 6) is 0.690. The van der Waals surface area contributed by atoms with Crippen molar-refractivity contribution in [2.24, 2.45) is 4.99 Å². The Bertz CT molecular complexity index is 631. The van der Waals surface area contributed by atoms with E-state index in [9.17, 15) is 10.1 Å². The number of hydrogen-bond acceptors (Lipinski definition) is 4. The molecule has 7 heteroatoms. The summed E-state index contributed by atoms with van der Waals surface area (Å²) in [5.41, 5.74) is 0.578. The number of aromatic nitrogens is 2. The minimum atomic E-state index is -0.396. The average molecular weight is 232 g/mol. The van der Waals surface area contributed by atoms with E-state index in [0.717, 1.165) is 18.5 Å². The monoisotopic (exact) mass is 232 g/mol. The summed E-state index contributed by atoms with van der Waals surface area (Å²) in [6, 6.07) is 4.97. The molecule has 0 fully saturated rings. The molecule has 7 nitrogen and oxygen atoms in total. The highest BCUT2D eigenvalue weighted by molar-refractivity contribution is 5.86. The molecule has 1 aromatic heterocycles. The lowest BCUT2D eigenvalue weighted by Crippen LogP contribution is -2.50. The number of nitrogens with zero attached hydrogens (tertiary/aromatic N) is 3. The van der Waals surface area contributed by atoms with Gasteiger partial charge in [-0.3, -0.25) is 15.4 Å². The number of aromatic amines is 1. The molecule has 17 heavy (non-hydrogen) atoms. The van der Waals surface area contributed by atoms with E-state index in [1.807, 2.05) is 6.07 Å². The van der Waals surface area contributed by atoms with Crippen LogP contribution < -0.4 is 10.00 Å². The zero-order valence-corrected chi connectivity index (χ0v) is 8.88. The Morgan fingerprint density at radius 3 is 3.06 bits per heavy atom. The summed E-state index contributed by atoms with van der Waals surface area (Å²) in [7, 11) is 0. The fraction of sp³-hybridized carbons (Fsp3) is 0.200. The van der Waals surface area contributed by atoms with Crippen LogP contribution in [0.4, 0.5) is 5.69 Å². The van der Waals surface area contributed by atoms with Crippen molar-refractivity contribution in [1.29, 1.82) is 0 Å². The van der Waals surface area contributed by atoms with Gasteiger partial charge in [0.1, 0.15) is 12.7 Å². The number of aliphatic imine (C=N–C) groups is 1. The van der Waals surface area contributed by atoms with Crippen LogP contribution in [-0.4, -0.2) is 29.1 Å². The highest BCUT2D eigenvalue weighted by Crippen LogP contribution is 2.21. The van der Waals surface area contributed by atoms with Gasteiger partial charge < -0.3 is 0 Å². The van der Waals surface area contributed by atoms with Gasteiger partial charge in [0.15, 0.2) is 5.52 Å². The van der Waals surface area contributed by atoms with Crippen molar-refractivity contribution in [3.63, 3.8) is 0 Å². The normalized spacial score (nSPS) is 14.7. The molecule has 1 aliphatic rings. The van der Waals surface area contributed by atoms with Crippen LogP contribution in [0, 0.1) is 10.1 Å². The third-order valence-electron chi connectivity index (χ3n) is 2.66. The lowest BCUT2D eigenvalue weighted by Gasteiger charge is -1.92. The van der Waals surface area contributed by atoms with Crippen LogP contribution in [0.25, 0.3) is 10.9 Å². The van der Waals surface area contributed by atoms with Crippen LogP contribution in [0.15, 0.2) is 29.4 Å². The van der Waals surface area contributed by atoms with Gasteiger partial charge in [0.05, 0.1) is 11.5 Å². The zero-order chi connectivity index (χ0) is 11.8. The third kappa shape index (κ3) is 1.52. The number of nitrogens with one attached hydrogen (secondary N) is 2. The van der Waals surface area contributed by atoms with Gasteiger partial charge in [-0.15, -0.1) is 9.67 Å². The molecule has 0 saturated carbocycles. The molecule has 0 saturated heterocycles. The van der Waals surface area contributed by atoms with Crippen molar-refractivity contribution in [2.45, 2.75) is 0 Å². The molecule has 0 unspecified atom stereocenters. The standard InChI is InChI=1S/C10H9N5O2/c16-15(17)8-3-1-2-7-6-14(13-9(7)8)10-11-4-5-12-10/h1-3,6H,4-5H2,(H,11,12)/p+1. The second-order valence-corrected chi connectivity index (χ2v) is 3.74. The smallest absolute Gasteiger partial charge is 0.270 e. The van der Waals surface area contributed by atoms with Crippen molar-refractivity contribution in [3.8, 4) is 0 Å². The molecule has 2 aromatic rings. The minimum Gasteiger partial charge on any atom is -0.270 e. The summed E-state index contributed by atoms with van der Waals surface area (Å²) in [6.45, 7) is 1.51. The van der Waals surface area contributed by atoms with Crippen LogP contribution in [0.1, 0.15) is 0 Å². The van der Waals surface area contributed by atoms with Crippen molar-refractivity contribution >= 4 is 22.5 Å². The van der Waals surface area contributed by atoms with E-state index >= 15 is 0 Å². The first-order chi connectivity index (χ1) is 8.25. The van der Waals surface area contributed by atoms with E-state index in [-0.39, 0.29) is 5.69 Å². The summed E-state index contributed by atoms with van der Waals surface area (Å²) in [6.07, 6.45) is 1.79. The molecule has 0 amide bonds.